The number of hydrogen-bond acceptors (Lipinski definition) is 3. The van der Waals surface area contributed by atoms with Crippen LogP contribution in [0.4, 0.5) is 18.9 Å². The summed E-state index contributed by atoms with van der Waals surface area (Å²) in [6, 6.07) is 2.11. The van der Waals surface area contributed by atoms with Crippen LogP contribution in [0.2, 0.25) is 0 Å². The molecule has 2 fully saturated rings. The highest BCUT2D eigenvalue weighted by Gasteiger charge is 2.40. The van der Waals surface area contributed by atoms with Gasteiger partial charge in [0.05, 0.1) is 5.60 Å². The number of benzene rings is 1. The van der Waals surface area contributed by atoms with Crippen LogP contribution in [-0.2, 0) is 4.74 Å². The zero-order valence-electron chi connectivity index (χ0n) is 10.9. The molecule has 0 saturated carbocycles. The predicted octanol–water partition coefficient (Wildman–Crippen LogP) is 3.57. The van der Waals surface area contributed by atoms with E-state index in [1.165, 1.54) is 0 Å². The van der Waals surface area contributed by atoms with Gasteiger partial charge < -0.3 is 10.1 Å². The molecule has 2 nitrogen and oxygen atoms in total. The second-order valence-electron chi connectivity index (χ2n) is 5.42. The second kappa shape index (κ2) is 5.48. The zero-order valence-corrected chi connectivity index (χ0v) is 11.7. The lowest BCUT2D eigenvalue weighted by atomic mass is 9.90. The molecular formula is C14H16F3NOS. The van der Waals surface area contributed by atoms with Gasteiger partial charge in [-0.05, 0) is 25.0 Å². The summed E-state index contributed by atoms with van der Waals surface area (Å²) in [5.41, 5.74) is 0.187. The Morgan fingerprint density at radius 2 is 2.00 bits per heavy atom. The van der Waals surface area contributed by atoms with Crippen LogP contribution >= 0.6 is 11.8 Å². The molecule has 0 amide bonds. The van der Waals surface area contributed by atoms with Crippen molar-refractivity contribution in [2.75, 3.05) is 23.4 Å². The molecule has 6 heteroatoms. The zero-order chi connectivity index (χ0) is 14.2. The standard InChI is InChI=1S/C14H16F3NOS/c15-11-5-10(6-12(16)13(11)17)18-9-1-3-19-14(7-9)2-4-20-8-14/h5-6,9,18H,1-4,7-8H2. The molecule has 0 bridgehead atoms. The number of nitrogens with one attached hydrogen (secondary N) is 1. The van der Waals surface area contributed by atoms with Gasteiger partial charge in [0.1, 0.15) is 0 Å². The second-order valence-corrected chi connectivity index (χ2v) is 6.53. The maximum Gasteiger partial charge on any atom is 0.194 e. The summed E-state index contributed by atoms with van der Waals surface area (Å²) in [4.78, 5) is 0. The molecular weight excluding hydrogens is 287 g/mol. The van der Waals surface area contributed by atoms with E-state index in [0.29, 0.717) is 6.61 Å². The first-order valence-corrected chi connectivity index (χ1v) is 7.86. The fourth-order valence-electron chi connectivity index (χ4n) is 2.89. The smallest absolute Gasteiger partial charge is 0.194 e. The van der Waals surface area contributed by atoms with E-state index in [1.54, 1.807) is 0 Å². The average Bonchev–Trinajstić information content (AvgIpc) is 2.84. The Morgan fingerprint density at radius 1 is 1.25 bits per heavy atom. The van der Waals surface area contributed by atoms with Gasteiger partial charge in [0.25, 0.3) is 0 Å². The van der Waals surface area contributed by atoms with E-state index in [9.17, 15) is 13.2 Å². The van der Waals surface area contributed by atoms with Crippen molar-refractivity contribution in [1.82, 2.24) is 0 Å². The normalized spacial score (nSPS) is 29.9. The molecule has 1 aromatic rings. The monoisotopic (exact) mass is 303 g/mol. The summed E-state index contributed by atoms with van der Waals surface area (Å²) in [6.45, 7) is 0.643. The van der Waals surface area contributed by atoms with E-state index in [1.807, 2.05) is 11.8 Å². The first-order valence-electron chi connectivity index (χ1n) is 6.71. The molecule has 1 N–H and O–H groups in total. The van der Waals surface area contributed by atoms with Gasteiger partial charge in [-0.15, -0.1) is 0 Å². The van der Waals surface area contributed by atoms with E-state index in [0.717, 1.165) is 42.9 Å². The van der Waals surface area contributed by atoms with Crippen LogP contribution in [0.1, 0.15) is 19.3 Å². The van der Waals surface area contributed by atoms with Crippen molar-refractivity contribution in [3.8, 4) is 0 Å². The molecule has 2 atom stereocenters. The first kappa shape index (κ1) is 14.1. The van der Waals surface area contributed by atoms with Crippen LogP contribution in [0.15, 0.2) is 12.1 Å². The molecule has 2 saturated heterocycles. The molecule has 0 aromatic heterocycles. The Kier molecular flexibility index (Phi) is 3.86. The molecule has 2 aliphatic heterocycles. The minimum absolute atomic E-state index is 0.0995. The Balaban J connectivity index is 1.71. The molecule has 1 aromatic carbocycles. The lowest BCUT2D eigenvalue weighted by Crippen LogP contribution is -2.44. The van der Waals surface area contributed by atoms with E-state index in [2.05, 4.69) is 5.32 Å². The van der Waals surface area contributed by atoms with Crippen molar-refractivity contribution < 1.29 is 17.9 Å². The minimum Gasteiger partial charge on any atom is -0.382 e. The van der Waals surface area contributed by atoms with Crippen LogP contribution in [0.5, 0.6) is 0 Å². The topological polar surface area (TPSA) is 21.3 Å². The largest absolute Gasteiger partial charge is 0.382 e. The number of hydrogen-bond donors (Lipinski definition) is 1. The number of ether oxygens (including phenoxy) is 1. The van der Waals surface area contributed by atoms with Crippen LogP contribution in [0, 0.1) is 17.5 Å². The Labute approximate surface area is 120 Å². The van der Waals surface area contributed by atoms with Gasteiger partial charge in [-0.2, -0.15) is 11.8 Å². The van der Waals surface area contributed by atoms with Gasteiger partial charge in [-0.25, -0.2) is 13.2 Å². The summed E-state index contributed by atoms with van der Waals surface area (Å²) in [5, 5.41) is 3.10. The molecule has 110 valence electrons. The van der Waals surface area contributed by atoms with Crippen molar-refractivity contribution in [2.24, 2.45) is 0 Å². The lowest BCUT2D eigenvalue weighted by Gasteiger charge is -2.38. The Morgan fingerprint density at radius 3 is 2.65 bits per heavy atom. The number of halogens is 3. The third kappa shape index (κ3) is 2.76. The van der Waals surface area contributed by atoms with Crippen molar-refractivity contribution in [2.45, 2.75) is 30.9 Å². The van der Waals surface area contributed by atoms with E-state index in [-0.39, 0.29) is 17.3 Å². The van der Waals surface area contributed by atoms with Crippen LogP contribution in [-0.4, -0.2) is 29.8 Å². The van der Waals surface area contributed by atoms with E-state index in [4.69, 9.17) is 4.74 Å². The van der Waals surface area contributed by atoms with Gasteiger partial charge in [-0.3, -0.25) is 0 Å². The number of thioether (sulfide) groups is 1. The molecule has 3 rings (SSSR count). The third-order valence-electron chi connectivity index (χ3n) is 3.91. The lowest BCUT2D eigenvalue weighted by molar-refractivity contribution is -0.0628. The van der Waals surface area contributed by atoms with Crippen LogP contribution < -0.4 is 5.32 Å². The van der Waals surface area contributed by atoms with Gasteiger partial charge in [-0.1, -0.05) is 0 Å². The van der Waals surface area contributed by atoms with Crippen LogP contribution in [0.3, 0.4) is 0 Å². The quantitative estimate of drug-likeness (QED) is 0.844. The van der Waals surface area contributed by atoms with Gasteiger partial charge >= 0.3 is 0 Å². The van der Waals surface area contributed by atoms with Crippen molar-refractivity contribution >= 4 is 17.4 Å². The molecule has 20 heavy (non-hydrogen) atoms. The molecule has 2 aliphatic rings. The van der Waals surface area contributed by atoms with Gasteiger partial charge in [0.2, 0.25) is 0 Å². The van der Waals surface area contributed by atoms with Crippen molar-refractivity contribution in [1.29, 1.82) is 0 Å². The number of rotatable bonds is 2. The summed E-state index contributed by atoms with van der Waals surface area (Å²) in [5.74, 6) is -1.69. The predicted molar refractivity (Wildman–Crippen MR) is 73.6 cm³/mol. The van der Waals surface area contributed by atoms with E-state index >= 15 is 0 Å². The third-order valence-corrected chi connectivity index (χ3v) is 5.14. The minimum atomic E-state index is -1.42. The maximum atomic E-state index is 13.2. The Bertz CT molecular complexity index is 482. The average molecular weight is 303 g/mol. The van der Waals surface area contributed by atoms with E-state index < -0.39 is 17.5 Å². The highest BCUT2D eigenvalue weighted by molar-refractivity contribution is 7.99. The highest BCUT2D eigenvalue weighted by Crippen LogP contribution is 2.39. The molecule has 0 radical (unpaired) electrons. The summed E-state index contributed by atoms with van der Waals surface area (Å²) in [7, 11) is 0. The summed E-state index contributed by atoms with van der Waals surface area (Å²) in [6.07, 6.45) is 2.62. The van der Waals surface area contributed by atoms with Crippen molar-refractivity contribution in [3.63, 3.8) is 0 Å². The molecule has 0 aliphatic carbocycles. The molecule has 2 unspecified atom stereocenters. The fourth-order valence-corrected chi connectivity index (χ4v) is 4.27. The van der Waals surface area contributed by atoms with Gasteiger partial charge in [0, 0.05) is 36.2 Å². The summed E-state index contributed by atoms with van der Waals surface area (Å²) >= 11 is 1.87. The van der Waals surface area contributed by atoms with Crippen LogP contribution in [0.25, 0.3) is 0 Å². The van der Waals surface area contributed by atoms with Crippen molar-refractivity contribution in [3.05, 3.63) is 29.6 Å². The first-order chi connectivity index (χ1) is 9.58. The molecule has 1 spiro atoms. The fraction of sp³-hybridized carbons (Fsp3) is 0.571. The maximum absolute atomic E-state index is 13.2. The highest BCUT2D eigenvalue weighted by atomic mass is 32.2. The number of anilines is 1. The Hall–Kier alpha value is -0.880. The van der Waals surface area contributed by atoms with Gasteiger partial charge in [0.15, 0.2) is 17.5 Å². The SMILES string of the molecule is Fc1cc(NC2CCOC3(CCSC3)C2)cc(F)c1F. The summed E-state index contributed by atoms with van der Waals surface area (Å²) < 4.78 is 45.2. The molecule has 2 heterocycles.